The Hall–Kier alpha value is -3.02. The number of carbonyl (C=O) groups is 1. The Morgan fingerprint density at radius 3 is 2.34 bits per heavy atom. The molecule has 0 bridgehead atoms. The zero-order valence-corrected chi connectivity index (χ0v) is 22.1. The van der Waals surface area contributed by atoms with E-state index in [1.54, 1.807) is 0 Å². The van der Waals surface area contributed by atoms with Crippen LogP contribution in [-0.4, -0.2) is 28.7 Å². The minimum atomic E-state index is -0.249. The first-order valence-electron chi connectivity index (χ1n) is 12.6. The van der Waals surface area contributed by atoms with Crippen LogP contribution < -0.4 is 10.1 Å². The second kappa shape index (κ2) is 9.56. The van der Waals surface area contributed by atoms with Crippen molar-refractivity contribution in [1.82, 2.24) is 9.55 Å². The number of esters is 1. The van der Waals surface area contributed by atoms with Gasteiger partial charge in [0, 0.05) is 11.7 Å². The van der Waals surface area contributed by atoms with Gasteiger partial charge in [-0.3, -0.25) is 4.79 Å². The van der Waals surface area contributed by atoms with Crippen LogP contribution in [0.25, 0.3) is 11.0 Å². The number of rotatable bonds is 7. The Bertz CT molecular complexity index is 1180. The summed E-state index contributed by atoms with van der Waals surface area (Å²) >= 11 is 0. The summed E-state index contributed by atoms with van der Waals surface area (Å²) in [4.78, 5) is 16.9. The highest BCUT2D eigenvalue weighted by atomic mass is 16.5. The zero-order valence-electron chi connectivity index (χ0n) is 22.1. The lowest BCUT2D eigenvalue weighted by atomic mass is 9.63. The molecule has 1 heterocycles. The van der Waals surface area contributed by atoms with Gasteiger partial charge < -0.3 is 19.4 Å². The third-order valence-corrected chi connectivity index (χ3v) is 6.71. The average molecular weight is 478 g/mol. The van der Waals surface area contributed by atoms with Crippen LogP contribution in [0.5, 0.6) is 5.75 Å². The Kier molecular flexibility index (Phi) is 6.85. The van der Waals surface area contributed by atoms with Crippen LogP contribution in [0.3, 0.4) is 0 Å². The van der Waals surface area contributed by atoms with Crippen molar-refractivity contribution in [2.24, 2.45) is 10.8 Å². The van der Waals surface area contributed by atoms with Gasteiger partial charge in [0.05, 0.1) is 30.7 Å². The molecule has 1 aromatic heterocycles. The summed E-state index contributed by atoms with van der Waals surface area (Å²) in [6.07, 6.45) is 3.74. The van der Waals surface area contributed by atoms with E-state index in [1.807, 2.05) is 50.2 Å². The lowest BCUT2D eigenvalue weighted by Gasteiger charge is -2.45. The molecule has 0 unspecified atom stereocenters. The minimum Gasteiger partial charge on any atom is -0.491 e. The first-order chi connectivity index (χ1) is 16.4. The lowest BCUT2D eigenvalue weighted by molar-refractivity contribution is -0.139. The highest BCUT2D eigenvalue weighted by Gasteiger charge is 2.40. The monoisotopic (exact) mass is 477 g/mol. The first-order valence-corrected chi connectivity index (χ1v) is 12.6. The van der Waals surface area contributed by atoms with E-state index in [2.05, 4.69) is 43.6 Å². The van der Waals surface area contributed by atoms with Crippen molar-refractivity contribution in [3.8, 4) is 5.75 Å². The van der Waals surface area contributed by atoms with Crippen LogP contribution in [-0.2, 0) is 16.0 Å². The largest absolute Gasteiger partial charge is 0.491 e. The molecule has 0 atom stereocenters. The van der Waals surface area contributed by atoms with Crippen LogP contribution in [0.1, 0.15) is 72.4 Å². The van der Waals surface area contributed by atoms with E-state index in [9.17, 15) is 4.79 Å². The molecule has 0 amide bonds. The van der Waals surface area contributed by atoms with E-state index in [0.717, 1.165) is 46.8 Å². The van der Waals surface area contributed by atoms with Gasteiger partial charge in [0.25, 0.3) is 0 Å². The number of methoxy groups -OCH3 is 1. The van der Waals surface area contributed by atoms with Crippen LogP contribution in [0, 0.1) is 10.8 Å². The highest BCUT2D eigenvalue weighted by Crippen LogP contribution is 2.51. The van der Waals surface area contributed by atoms with Crippen molar-refractivity contribution in [2.45, 2.75) is 79.4 Å². The fourth-order valence-corrected chi connectivity index (χ4v) is 5.94. The Labute approximate surface area is 209 Å². The van der Waals surface area contributed by atoms with Crippen molar-refractivity contribution >= 4 is 28.6 Å². The van der Waals surface area contributed by atoms with Gasteiger partial charge in [-0.2, -0.15) is 0 Å². The normalized spacial score (nSPS) is 17.5. The molecule has 2 aromatic carbocycles. The van der Waals surface area contributed by atoms with Crippen molar-refractivity contribution in [2.75, 3.05) is 12.4 Å². The minimum absolute atomic E-state index is 0.134. The number of benzene rings is 2. The molecule has 1 aliphatic carbocycles. The number of nitrogens with one attached hydrogen (secondary N) is 1. The number of fused-ring (bicyclic) bond motifs is 1. The molecule has 188 valence electrons. The predicted molar refractivity (Wildman–Crippen MR) is 141 cm³/mol. The van der Waals surface area contributed by atoms with Gasteiger partial charge in [-0.15, -0.1) is 0 Å². The first kappa shape index (κ1) is 25.1. The maximum absolute atomic E-state index is 11.8. The molecule has 1 saturated carbocycles. The molecule has 1 N–H and O–H groups in total. The number of imidazole rings is 1. The number of hydrogen-bond acceptors (Lipinski definition) is 5. The van der Waals surface area contributed by atoms with Crippen molar-refractivity contribution in [3.05, 3.63) is 48.0 Å². The number of nitrogens with zero attached hydrogens (tertiary/aromatic N) is 2. The van der Waals surface area contributed by atoms with Gasteiger partial charge in [-0.1, -0.05) is 33.8 Å². The standard InChI is InChI=1S/C29H39N3O3/c1-19(2)35-23-11-9-21(10-12-23)30-27-31-24-14-20(15-26(33)34-7)8-13-25(24)32(27)22-16-28(3,4)18-29(5,6)17-22/h8-14,19,22H,15-18H2,1-7H3,(H,30,31). The van der Waals surface area contributed by atoms with Crippen molar-refractivity contribution in [1.29, 1.82) is 0 Å². The van der Waals surface area contributed by atoms with E-state index >= 15 is 0 Å². The van der Waals surface area contributed by atoms with Gasteiger partial charge in [-0.25, -0.2) is 4.98 Å². The van der Waals surface area contributed by atoms with Crippen LogP contribution in [0.15, 0.2) is 42.5 Å². The Balaban J connectivity index is 1.74. The number of aromatic nitrogens is 2. The number of anilines is 2. The fourth-order valence-electron chi connectivity index (χ4n) is 5.94. The molecule has 1 fully saturated rings. The van der Waals surface area contributed by atoms with Crippen molar-refractivity contribution in [3.63, 3.8) is 0 Å². The zero-order chi connectivity index (χ0) is 25.4. The maximum Gasteiger partial charge on any atom is 0.309 e. The molecule has 0 radical (unpaired) electrons. The van der Waals surface area contributed by atoms with E-state index < -0.39 is 0 Å². The number of ether oxygens (including phenoxy) is 2. The second-order valence-electron chi connectivity index (χ2n) is 11.8. The third kappa shape index (κ3) is 5.98. The topological polar surface area (TPSA) is 65.4 Å². The fraction of sp³-hybridized carbons (Fsp3) is 0.517. The molecule has 6 heteroatoms. The average Bonchev–Trinajstić information content (AvgIpc) is 3.09. The summed E-state index contributed by atoms with van der Waals surface area (Å²) in [6.45, 7) is 13.5. The summed E-state index contributed by atoms with van der Waals surface area (Å²) in [5, 5.41) is 3.57. The number of hydrogen-bond donors (Lipinski definition) is 1. The van der Waals surface area contributed by atoms with E-state index in [0.29, 0.717) is 6.04 Å². The molecule has 0 saturated heterocycles. The van der Waals surface area contributed by atoms with Gasteiger partial charge in [0.15, 0.2) is 0 Å². The van der Waals surface area contributed by atoms with Gasteiger partial charge in [0.1, 0.15) is 5.75 Å². The summed E-state index contributed by atoms with van der Waals surface area (Å²) in [5.74, 6) is 1.43. The van der Waals surface area contributed by atoms with Crippen LogP contribution >= 0.6 is 0 Å². The second-order valence-corrected chi connectivity index (χ2v) is 11.8. The molecule has 1 aliphatic rings. The summed E-state index contributed by atoms with van der Waals surface area (Å²) < 4.78 is 13.0. The summed E-state index contributed by atoms with van der Waals surface area (Å²) in [5.41, 5.74) is 4.30. The van der Waals surface area contributed by atoms with Crippen molar-refractivity contribution < 1.29 is 14.3 Å². The quantitative estimate of drug-likeness (QED) is 0.369. The lowest BCUT2D eigenvalue weighted by Crippen LogP contribution is -2.35. The number of carbonyl (C=O) groups excluding carboxylic acids is 1. The maximum atomic E-state index is 11.8. The Morgan fingerprint density at radius 1 is 1.09 bits per heavy atom. The van der Waals surface area contributed by atoms with E-state index in [1.165, 1.54) is 13.5 Å². The van der Waals surface area contributed by atoms with Crippen LogP contribution in [0.2, 0.25) is 0 Å². The molecule has 0 spiro atoms. The molecule has 0 aliphatic heterocycles. The van der Waals surface area contributed by atoms with Gasteiger partial charge in [0.2, 0.25) is 5.95 Å². The highest BCUT2D eigenvalue weighted by molar-refractivity contribution is 5.82. The van der Waals surface area contributed by atoms with E-state index in [4.69, 9.17) is 14.5 Å². The molecule has 3 aromatic rings. The SMILES string of the molecule is COC(=O)Cc1ccc2c(c1)nc(Nc1ccc(OC(C)C)cc1)n2C1CC(C)(C)CC(C)(C)C1. The molecular weight excluding hydrogens is 438 g/mol. The van der Waals surface area contributed by atoms with Crippen LogP contribution in [0.4, 0.5) is 11.6 Å². The van der Waals surface area contributed by atoms with Gasteiger partial charge >= 0.3 is 5.97 Å². The third-order valence-electron chi connectivity index (χ3n) is 6.71. The molecular formula is C29H39N3O3. The Morgan fingerprint density at radius 2 is 1.74 bits per heavy atom. The summed E-state index contributed by atoms with van der Waals surface area (Å²) in [6, 6.07) is 14.5. The van der Waals surface area contributed by atoms with Gasteiger partial charge in [-0.05, 0) is 85.9 Å². The summed E-state index contributed by atoms with van der Waals surface area (Å²) in [7, 11) is 1.42. The molecule has 4 rings (SSSR count). The van der Waals surface area contributed by atoms with E-state index in [-0.39, 0.29) is 29.3 Å². The predicted octanol–water partition coefficient (Wildman–Crippen LogP) is 7.06. The molecule has 35 heavy (non-hydrogen) atoms. The molecule has 6 nitrogen and oxygen atoms in total. The smallest absolute Gasteiger partial charge is 0.309 e.